The molecule has 0 saturated carbocycles. The number of thioether (sulfide) groups is 2. The zero-order valence-corrected chi connectivity index (χ0v) is 13.4. The van der Waals surface area contributed by atoms with E-state index in [2.05, 4.69) is 6.92 Å². The van der Waals surface area contributed by atoms with Crippen LogP contribution in [0, 0.1) is 5.82 Å². The molecule has 0 aliphatic carbocycles. The van der Waals surface area contributed by atoms with E-state index in [0.29, 0.717) is 11.7 Å². The molecule has 0 aromatic heterocycles. The van der Waals surface area contributed by atoms with Crippen molar-refractivity contribution >= 4 is 29.3 Å². The Morgan fingerprint density at radius 3 is 2.80 bits per heavy atom. The molecule has 1 fully saturated rings. The molecule has 0 bridgehead atoms. The highest BCUT2D eigenvalue weighted by Crippen LogP contribution is 2.34. The molecule has 0 spiro atoms. The summed E-state index contributed by atoms with van der Waals surface area (Å²) in [4.78, 5) is 12.4. The van der Waals surface area contributed by atoms with Crippen molar-refractivity contribution in [3.63, 3.8) is 0 Å². The third kappa shape index (κ3) is 3.70. The van der Waals surface area contributed by atoms with Gasteiger partial charge in [0.15, 0.2) is 17.3 Å². The summed E-state index contributed by atoms with van der Waals surface area (Å²) in [5.41, 5.74) is 0.722. The molecule has 110 valence electrons. The van der Waals surface area contributed by atoms with E-state index < -0.39 is 5.82 Å². The lowest BCUT2D eigenvalue weighted by Gasteiger charge is -2.28. The highest BCUT2D eigenvalue weighted by molar-refractivity contribution is 8.07. The second-order valence-electron chi connectivity index (χ2n) is 4.72. The fourth-order valence-electron chi connectivity index (χ4n) is 2.32. The number of benzene rings is 1. The largest absolute Gasteiger partial charge is 0.494 e. The third-order valence-corrected chi connectivity index (χ3v) is 6.66. The number of rotatable bonds is 5. The predicted molar refractivity (Wildman–Crippen MR) is 84.4 cm³/mol. The molecule has 1 aromatic rings. The van der Waals surface area contributed by atoms with E-state index in [9.17, 15) is 9.18 Å². The Balaban J connectivity index is 2.05. The Kier molecular flexibility index (Phi) is 5.78. The number of carbonyl (C=O) groups excluding carboxylic acids is 1. The zero-order chi connectivity index (χ0) is 14.5. The standard InChI is InChI=1S/C15H19FO2S2/c1-3-14-15(20-7-6-19-14)12(17)9-10-4-5-13(18-2)11(16)8-10/h4-5,8,14-15H,3,6-7,9H2,1-2H3. The molecule has 1 aromatic carbocycles. The molecular weight excluding hydrogens is 295 g/mol. The monoisotopic (exact) mass is 314 g/mol. The van der Waals surface area contributed by atoms with Gasteiger partial charge in [-0.05, 0) is 24.1 Å². The van der Waals surface area contributed by atoms with Gasteiger partial charge in [-0.3, -0.25) is 4.79 Å². The van der Waals surface area contributed by atoms with Crippen LogP contribution in [0.15, 0.2) is 18.2 Å². The van der Waals surface area contributed by atoms with Crippen LogP contribution in [0.3, 0.4) is 0 Å². The number of carbonyl (C=O) groups is 1. The number of ketones is 1. The lowest BCUT2D eigenvalue weighted by atomic mass is 10.0. The van der Waals surface area contributed by atoms with Gasteiger partial charge in [-0.1, -0.05) is 13.0 Å². The average Bonchev–Trinajstić information content (AvgIpc) is 2.47. The van der Waals surface area contributed by atoms with Gasteiger partial charge in [0.05, 0.1) is 12.4 Å². The third-order valence-electron chi connectivity index (χ3n) is 3.36. The van der Waals surface area contributed by atoms with Crippen LogP contribution in [0.2, 0.25) is 0 Å². The van der Waals surface area contributed by atoms with E-state index in [1.165, 1.54) is 13.2 Å². The molecule has 1 saturated heterocycles. The lowest BCUT2D eigenvalue weighted by Crippen LogP contribution is -2.33. The van der Waals surface area contributed by atoms with E-state index in [4.69, 9.17) is 4.74 Å². The summed E-state index contributed by atoms with van der Waals surface area (Å²) in [6, 6.07) is 4.75. The van der Waals surface area contributed by atoms with Crippen LogP contribution >= 0.6 is 23.5 Å². The second-order valence-corrected chi connectivity index (χ2v) is 7.32. The minimum Gasteiger partial charge on any atom is -0.494 e. The van der Waals surface area contributed by atoms with E-state index in [1.54, 1.807) is 23.9 Å². The van der Waals surface area contributed by atoms with Gasteiger partial charge >= 0.3 is 0 Å². The zero-order valence-electron chi connectivity index (χ0n) is 11.7. The molecule has 1 aliphatic rings. The number of Topliss-reactive ketones (excluding diaryl/α,β-unsaturated/α-hetero) is 1. The fraction of sp³-hybridized carbons (Fsp3) is 0.533. The molecule has 1 aliphatic heterocycles. The fourth-order valence-corrected chi connectivity index (χ4v) is 5.36. The van der Waals surface area contributed by atoms with Crippen LogP contribution in [0.1, 0.15) is 18.9 Å². The van der Waals surface area contributed by atoms with Crippen LogP contribution in [0.4, 0.5) is 4.39 Å². The minimum absolute atomic E-state index is 0.0453. The number of methoxy groups -OCH3 is 1. The summed E-state index contributed by atoms with van der Waals surface area (Å²) in [6.45, 7) is 2.12. The molecule has 0 N–H and O–H groups in total. The quantitative estimate of drug-likeness (QED) is 0.830. The second kappa shape index (κ2) is 7.36. The Bertz CT molecular complexity index is 479. The topological polar surface area (TPSA) is 26.3 Å². The first-order valence-corrected chi connectivity index (χ1v) is 8.83. The molecule has 0 radical (unpaired) electrons. The van der Waals surface area contributed by atoms with Gasteiger partial charge < -0.3 is 4.74 Å². The smallest absolute Gasteiger partial charge is 0.165 e. The van der Waals surface area contributed by atoms with Gasteiger partial charge in [0.25, 0.3) is 0 Å². The van der Waals surface area contributed by atoms with Crippen molar-refractivity contribution in [1.82, 2.24) is 0 Å². The van der Waals surface area contributed by atoms with E-state index in [0.717, 1.165) is 23.5 Å². The highest BCUT2D eigenvalue weighted by atomic mass is 32.2. The van der Waals surface area contributed by atoms with E-state index in [-0.39, 0.29) is 16.8 Å². The highest BCUT2D eigenvalue weighted by Gasteiger charge is 2.30. The molecule has 20 heavy (non-hydrogen) atoms. The Morgan fingerprint density at radius 2 is 2.15 bits per heavy atom. The summed E-state index contributed by atoms with van der Waals surface area (Å²) < 4.78 is 18.5. The number of ether oxygens (including phenoxy) is 1. The van der Waals surface area contributed by atoms with E-state index >= 15 is 0 Å². The van der Waals surface area contributed by atoms with Crippen molar-refractivity contribution in [3.8, 4) is 5.75 Å². The lowest BCUT2D eigenvalue weighted by molar-refractivity contribution is -0.117. The first-order chi connectivity index (χ1) is 9.65. The minimum atomic E-state index is -0.407. The molecule has 2 unspecified atom stereocenters. The maximum atomic E-state index is 13.6. The van der Waals surface area contributed by atoms with Crippen molar-refractivity contribution in [2.24, 2.45) is 0 Å². The van der Waals surface area contributed by atoms with Crippen LogP contribution in [-0.4, -0.2) is 34.9 Å². The maximum Gasteiger partial charge on any atom is 0.165 e. The first-order valence-electron chi connectivity index (χ1n) is 6.74. The Hall–Kier alpha value is -0.680. The molecule has 1 heterocycles. The molecule has 5 heteroatoms. The molecule has 2 rings (SSSR count). The SMILES string of the molecule is CCC1SCCSC1C(=O)Cc1ccc(OC)c(F)c1. The van der Waals surface area contributed by atoms with Crippen molar-refractivity contribution < 1.29 is 13.9 Å². The van der Waals surface area contributed by atoms with Crippen LogP contribution in [0.5, 0.6) is 5.75 Å². The van der Waals surface area contributed by atoms with Crippen molar-refractivity contribution in [1.29, 1.82) is 0 Å². The maximum absolute atomic E-state index is 13.6. The van der Waals surface area contributed by atoms with Crippen molar-refractivity contribution in [2.45, 2.75) is 30.3 Å². The number of halogens is 1. The molecule has 0 amide bonds. The molecule has 2 atom stereocenters. The van der Waals surface area contributed by atoms with Crippen molar-refractivity contribution in [2.75, 3.05) is 18.6 Å². The van der Waals surface area contributed by atoms with Crippen molar-refractivity contribution in [3.05, 3.63) is 29.6 Å². The van der Waals surface area contributed by atoms with Gasteiger partial charge in [-0.2, -0.15) is 11.8 Å². The Morgan fingerprint density at radius 1 is 1.40 bits per heavy atom. The summed E-state index contributed by atoms with van der Waals surface area (Å²) in [5.74, 6) is 2.16. The van der Waals surface area contributed by atoms with Crippen LogP contribution in [0.25, 0.3) is 0 Å². The number of hydrogen-bond donors (Lipinski definition) is 0. The summed E-state index contributed by atoms with van der Waals surface area (Å²) in [6.07, 6.45) is 1.31. The van der Waals surface area contributed by atoms with Gasteiger partial charge in [-0.15, -0.1) is 11.8 Å². The van der Waals surface area contributed by atoms with Gasteiger partial charge in [0, 0.05) is 23.2 Å². The Labute approximate surface area is 127 Å². The van der Waals surface area contributed by atoms with Crippen LogP contribution < -0.4 is 4.74 Å². The first kappa shape index (κ1) is 15.7. The number of hydrogen-bond acceptors (Lipinski definition) is 4. The normalized spacial score (nSPS) is 22.6. The van der Waals surface area contributed by atoms with Gasteiger partial charge in [0.1, 0.15) is 0 Å². The van der Waals surface area contributed by atoms with Gasteiger partial charge in [-0.25, -0.2) is 4.39 Å². The van der Waals surface area contributed by atoms with E-state index in [1.807, 2.05) is 11.8 Å². The average molecular weight is 314 g/mol. The molecular formula is C15H19FO2S2. The van der Waals surface area contributed by atoms with Gasteiger partial charge in [0.2, 0.25) is 0 Å². The molecule has 2 nitrogen and oxygen atoms in total. The van der Waals surface area contributed by atoms with Crippen LogP contribution in [-0.2, 0) is 11.2 Å². The summed E-state index contributed by atoms with van der Waals surface area (Å²) >= 11 is 3.63. The summed E-state index contributed by atoms with van der Waals surface area (Å²) in [5, 5.41) is 0.438. The summed E-state index contributed by atoms with van der Waals surface area (Å²) in [7, 11) is 1.44. The predicted octanol–water partition coefficient (Wildman–Crippen LogP) is 3.57.